The highest BCUT2D eigenvalue weighted by molar-refractivity contribution is 9.10. The lowest BCUT2D eigenvalue weighted by Crippen LogP contribution is -2.31. The first-order chi connectivity index (χ1) is 10.3. The molecule has 0 atom stereocenters. The molecule has 0 radical (unpaired) electrons. The van der Waals surface area contributed by atoms with E-state index in [0.717, 1.165) is 0 Å². The van der Waals surface area contributed by atoms with Gasteiger partial charge in [0.2, 0.25) is 15.9 Å². The van der Waals surface area contributed by atoms with Crippen molar-refractivity contribution in [2.75, 3.05) is 13.1 Å². The molecule has 0 saturated heterocycles. The molecule has 0 aliphatic heterocycles. The second-order valence-electron chi connectivity index (χ2n) is 4.45. The van der Waals surface area contributed by atoms with Gasteiger partial charge in [-0.05, 0) is 24.6 Å². The summed E-state index contributed by atoms with van der Waals surface area (Å²) in [5.41, 5.74) is 0. The number of sulfonamides is 1. The van der Waals surface area contributed by atoms with Crippen LogP contribution in [0.3, 0.4) is 0 Å². The van der Waals surface area contributed by atoms with E-state index < -0.39 is 16.0 Å². The van der Waals surface area contributed by atoms with Crippen molar-refractivity contribution in [3.8, 4) is 0 Å². The summed E-state index contributed by atoms with van der Waals surface area (Å²) in [6, 6.07) is 6.24. The molecular weight excluding hydrogens is 376 g/mol. The highest BCUT2D eigenvalue weighted by atomic mass is 79.9. The van der Waals surface area contributed by atoms with Gasteiger partial charge in [0, 0.05) is 30.4 Å². The Hall–Kier alpha value is -1.45. The first-order valence-corrected chi connectivity index (χ1v) is 8.82. The van der Waals surface area contributed by atoms with Crippen LogP contribution in [0.15, 0.2) is 33.6 Å². The minimum absolute atomic E-state index is 0.0136. The first-order valence-electron chi connectivity index (χ1n) is 6.55. The number of nitrogens with one attached hydrogen (secondary N) is 2. The van der Waals surface area contributed by atoms with Crippen molar-refractivity contribution in [1.29, 1.82) is 0 Å². The number of hydrogen-bond acceptors (Lipinski definition) is 4. The Balaban J connectivity index is 2.34. The number of carboxylic acids is 1. The Labute approximate surface area is 137 Å². The quantitative estimate of drug-likeness (QED) is 0.544. The zero-order valence-corrected chi connectivity index (χ0v) is 14.1. The van der Waals surface area contributed by atoms with Crippen molar-refractivity contribution in [2.45, 2.75) is 24.2 Å². The van der Waals surface area contributed by atoms with E-state index in [1.54, 1.807) is 12.1 Å². The van der Waals surface area contributed by atoms with E-state index in [4.69, 9.17) is 5.11 Å². The van der Waals surface area contributed by atoms with Gasteiger partial charge in [-0.25, -0.2) is 13.1 Å². The number of carbonyl (C=O) groups is 2. The van der Waals surface area contributed by atoms with Crippen molar-refractivity contribution in [2.24, 2.45) is 0 Å². The van der Waals surface area contributed by atoms with Crippen LogP contribution in [0.5, 0.6) is 0 Å². The van der Waals surface area contributed by atoms with Gasteiger partial charge in [0.15, 0.2) is 0 Å². The molecule has 1 amide bonds. The van der Waals surface area contributed by atoms with E-state index in [0.29, 0.717) is 10.9 Å². The summed E-state index contributed by atoms with van der Waals surface area (Å²) >= 11 is 3.19. The number of amides is 1. The van der Waals surface area contributed by atoms with Crippen LogP contribution in [-0.2, 0) is 19.6 Å². The molecule has 22 heavy (non-hydrogen) atoms. The molecule has 0 saturated carbocycles. The maximum Gasteiger partial charge on any atom is 0.303 e. The number of halogens is 1. The SMILES string of the molecule is O=C(O)CCCNC(=O)CCNS(=O)(=O)c1cccc(Br)c1. The summed E-state index contributed by atoms with van der Waals surface area (Å²) < 4.78 is 26.9. The van der Waals surface area contributed by atoms with Crippen molar-refractivity contribution in [3.63, 3.8) is 0 Å². The summed E-state index contributed by atoms with van der Waals surface area (Å²) in [5, 5.41) is 11.0. The lowest BCUT2D eigenvalue weighted by Gasteiger charge is -2.07. The van der Waals surface area contributed by atoms with Crippen LogP contribution in [0.4, 0.5) is 0 Å². The van der Waals surface area contributed by atoms with Gasteiger partial charge >= 0.3 is 5.97 Å². The second kappa shape index (κ2) is 8.86. The number of carbonyl (C=O) groups excluding carboxylic acids is 1. The average molecular weight is 393 g/mol. The van der Waals surface area contributed by atoms with Gasteiger partial charge in [0.25, 0.3) is 0 Å². The van der Waals surface area contributed by atoms with Crippen molar-refractivity contribution < 1.29 is 23.1 Å². The van der Waals surface area contributed by atoms with E-state index in [9.17, 15) is 18.0 Å². The third-order valence-electron chi connectivity index (χ3n) is 2.64. The van der Waals surface area contributed by atoms with Crippen LogP contribution < -0.4 is 10.0 Å². The maximum atomic E-state index is 12.0. The Morgan fingerprint density at radius 2 is 1.91 bits per heavy atom. The minimum atomic E-state index is -3.65. The van der Waals surface area contributed by atoms with Crippen molar-refractivity contribution >= 4 is 37.8 Å². The number of carboxylic acid groups (broad SMARTS) is 1. The maximum absolute atomic E-state index is 12.0. The molecule has 0 bridgehead atoms. The molecule has 0 heterocycles. The molecule has 3 N–H and O–H groups in total. The summed E-state index contributed by atoms with van der Waals surface area (Å²) in [5.74, 6) is -1.25. The molecule has 0 aliphatic carbocycles. The van der Waals surface area contributed by atoms with Gasteiger partial charge in [-0.1, -0.05) is 22.0 Å². The molecule has 0 spiro atoms. The fourth-order valence-corrected chi connectivity index (χ4v) is 3.20. The van der Waals surface area contributed by atoms with E-state index in [1.165, 1.54) is 12.1 Å². The van der Waals surface area contributed by atoms with Gasteiger partial charge in [0.05, 0.1) is 4.90 Å². The largest absolute Gasteiger partial charge is 0.481 e. The zero-order valence-electron chi connectivity index (χ0n) is 11.7. The Morgan fingerprint density at radius 1 is 1.18 bits per heavy atom. The third-order valence-corrected chi connectivity index (χ3v) is 4.59. The fourth-order valence-electron chi connectivity index (χ4n) is 1.57. The summed E-state index contributed by atoms with van der Waals surface area (Å²) in [4.78, 5) is 21.9. The molecule has 0 aliphatic rings. The number of aliphatic carboxylic acids is 1. The second-order valence-corrected chi connectivity index (χ2v) is 7.14. The van der Waals surface area contributed by atoms with E-state index in [1.807, 2.05) is 0 Å². The Kier molecular flexibility index (Phi) is 7.49. The van der Waals surface area contributed by atoms with Gasteiger partial charge in [0.1, 0.15) is 0 Å². The van der Waals surface area contributed by atoms with Gasteiger partial charge < -0.3 is 10.4 Å². The van der Waals surface area contributed by atoms with E-state index in [-0.39, 0.29) is 36.7 Å². The normalized spacial score (nSPS) is 11.1. The number of hydrogen-bond donors (Lipinski definition) is 3. The predicted molar refractivity (Wildman–Crippen MR) is 83.8 cm³/mol. The highest BCUT2D eigenvalue weighted by Crippen LogP contribution is 2.15. The van der Waals surface area contributed by atoms with Crippen LogP contribution in [0, 0.1) is 0 Å². The lowest BCUT2D eigenvalue weighted by atomic mass is 10.3. The van der Waals surface area contributed by atoms with Crippen molar-refractivity contribution in [3.05, 3.63) is 28.7 Å². The molecular formula is C13H17BrN2O5S. The lowest BCUT2D eigenvalue weighted by molar-refractivity contribution is -0.137. The monoisotopic (exact) mass is 392 g/mol. The number of benzene rings is 1. The van der Waals surface area contributed by atoms with E-state index in [2.05, 4.69) is 26.0 Å². The van der Waals surface area contributed by atoms with Gasteiger partial charge in [-0.2, -0.15) is 0 Å². The van der Waals surface area contributed by atoms with E-state index >= 15 is 0 Å². The average Bonchev–Trinajstić information content (AvgIpc) is 2.43. The summed E-state index contributed by atoms with van der Waals surface area (Å²) in [6.07, 6.45) is 0.306. The molecule has 1 aromatic rings. The molecule has 7 nitrogen and oxygen atoms in total. The van der Waals surface area contributed by atoms with Crippen LogP contribution in [-0.4, -0.2) is 38.5 Å². The van der Waals surface area contributed by atoms with Crippen LogP contribution >= 0.6 is 15.9 Å². The van der Waals surface area contributed by atoms with Crippen molar-refractivity contribution in [1.82, 2.24) is 10.0 Å². The van der Waals surface area contributed by atoms with Crippen LogP contribution in [0.1, 0.15) is 19.3 Å². The minimum Gasteiger partial charge on any atom is -0.481 e. The summed E-state index contributed by atoms with van der Waals surface area (Å²) in [7, 11) is -3.65. The van der Waals surface area contributed by atoms with Gasteiger partial charge in [-0.15, -0.1) is 0 Å². The Bertz CT molecular complexity index is 633. The molecule has 122 valence electrons. The van der Waals surface area contributed by atoms with Crippen LogP contribution in [0.25, 0.3) is 0 Å². The number of rotatable bonds is 9. The van der Waals surface area contributed by atoms with Crippen LogP contribution in [0.2, 0.25) is 0 Å². The topological polar surface area (TPSA) is 113 Å². The Morgan fingerprint density at radius 3 is 2.55 bits per heavy atom. The molecule has 1 aromatic carbocycles. The third kappa shape index (κ3) is 7.01. The highest BCUT2D eigenvalue weighted by Gasteiger charge is 2.14. The molecule has 0 fully saturated rings. The standard InChI is InChI=1S/C13H17BrN2O5S/c14-10-3-1-4-11(9-10)22(20,21)16-8-6-12(17)15-7-2-5-13(18)19/h1,3-4,9,16H,2,5-8H2,(H,15,17)(H,18,19). The molecule has 0 unspecified atom stereocenters. The molecule has 9 heteroatoms. The first kappa shape index (κ1) is 18.6. The fraction of sp³-hybridized carbons (Fsp3) is 0.385. The van der Waals surface area contributed by atoms with Gasteiger partial charge in [-0.3, -0.25) is 9.59 Å². The predicted octanol–water partition coefficient (Wildman–Crippen LogP) is 1.10. The molecule has 1 rings (SSSR count). The molecule has 0 aromatic heterocycles. The smallest absolute Gasteiger partial charge is 0.303 e. The zero-order chi connectivity index (χ0) is 16.6. The summed E-state index contributed by atoms with van der Waals surface area (Å²) in [6.45, 7) is 0.225.